The Bertz CT molecular complexity index is 778. The zero-order valence-electron chi connectivity index (χ0n) is 14.6. The lowest BCUT2D eigenvalue weighted by Gasteiger charge is -2.21. The van der Waals surface area contributed by atoms with Crippen LogP contribution in [0.4, 0.5) is 0 Å². The number of hydrogen-bond acceptors (Lipinski definition) is 4. The van der Waals surface area contributed by atoms with Crippen LogP contribution in [0.3, 0.4) is 0 Å². The molecule has 0 aliphatic carbocycles. The molecular formula is C20H23N3O2S. The minimum absolute atomic E-state index is 0.0318. The van der Waals surface area contributed by atoms with E-state index in [-0.39, 0.29) is 11.8 Å². The van der Waals surface area contributed by atoms with E-state index in [9.17, 15) is 9.59 Å². The molecule has 1 aromatic carbocycles. The van der Waals surface area contributed by atoms with Crippen molar-refractivity contribution < 1.29 is 9.59 Å². The van der Waals surface area contributed by atoms with Crippen LogP contribution in [0.5, 0.6) is 0 Å². The van der Waals surface area contributed by atoms with E-state index in [1.807, 2.05) is 35.7 Å². The average molecular weight is 369 g/mol. The first-order valence-corrected chi connectivity index (χ1v) is 9.90. The second-order valence-corrected chi connectivity index (χ2v) is 8.29. The monoisotopic (exact) mass is 369 g/mol. The lowest BCUT2D eigenvalue weighted by molar-refractivity contribution is -0.128. The zero-order valence-corrected chi connectivity index (χ0v) is 15.4. The number of carbonyl (C=O) groups is 2. The highest BCUT2D eigenvalue weighted by molar-refractivity contribution is 7.09. The maximum absolute atomic E-state index is 12.6. The van der Waals surface area contributed by atoms with E-state index in [4.69, 9.17) is 0 Å². The third-order valence-electron chi connectivity index (χ3n) is 5.40. The molecule has 2 amide bonds. The van der Waals surface area contributed by atoms with Gasteiger partial charge < -0.3 is 10.6 Å². The number of rotatable bonds is 5. The first-order valence-electron chi connectivity index (χ1n) is 9.02. The Morgan fingerprint density at radius 2 is 2.12 bits per heavy atom. The van der Waals surface area contributed by atoms with Gasteiger partial charge in [0.05, 0.1) is 12.0 Å². The molecule has 5 nitrogen and oxygen atoms in total. The summed E-state index contributed by atoms with van der Waals surface area (Å²) in [5.41, 5.74) is 0.841. The van der Waals surface area contributed by atoms with Gasteiger partial charge in [-0.25, -0.2) is 0 Å². The minimum Gasteiger partial charge on any atom is -0.349 e. The molecule has 4 rings (SSSR count). The summed E-state index contributed by atoms with van der Waals surface area (Å²) < 4.78 is 0. The lowest BCUT2D eigenvalue weighted by Crippen LogP contribution is -2.41. The van der Waals surface area contributed by atoms with E-state index in [0.29, 0.717) is 13.0 Å². The second-order valence-electron chi connectivity index (χ2n) is 7.25. The Hall–Kier alpha value is -2.18. The van der Waals surface area contributed by atoms with Crippen molar-refractivity contribution >= 4 is 23.2 Å². The Balaban J connectivity index is 1.34. The molecule has 2 saturated heterocycles. The van der Waals surface area contributed by atoms with Crippen LogP contribution in [0.15, 0.2) is 47.8 Å². The first kappa shape index (κ1) is 17.2. The molecule has 2 aromatic rings. The molecule has 0 unspecified atom stereocenters. The molecule has 26 heavy (non-hydrogen) atoms. The number of benzene rings is 1. The van der Waals surface area contributed by atoms with E-state index in [1.54, 1.807) is 11.3 Å². The number of nitrogens with one attached hydrogen (secondary N) is 2. The fraction of sp³-hybridized carbons (Fsp3) is 0.400. The van der Waals surface area contributed by atoms with Gasteiger partial charge in [-0.15, -0.1) is 11.3 Å². The highest BCUT2D eigenvalue weighted by Crippen LogP contribution is 2.40. The summed E-state index contributed by atoms with van der Waals surface area (Å²) in [5.74, 6) is -0.0468. The smallest absolute Gasteiger partial charge is 0.242 e. The molecule has 1 spiro atoms. The van der Waals surface area contributed by atoms with Crippen molar-refractivity contribution in [2.45, 2.75) is 32.0 Å². The number of nitrogens with zero attached hydrogens (tertiary/aromatic N) is 1. The third kappa shape index (κ3) is 3.52. The van der Waals surface area contributed by atoms with Gasteiger partial charge in [0.25, 0.3) is 0 Å². The van der Waals surface area contributed by atoms with E-state index in [1.165, 1.54) is 5.56 Å². The van der Waals surface area contributed by atoms with Crippen LogP contribution in [0.1, 0.15) is 23.3 Å². The normalized spacial score (nSPS) is 25.5. The minimum atomic E-state index is -0.417. The molecular weight excluding hydrogens is 346 g/mol. The first-order chi connectivity index (χ1) is 12.6. The van der Waals surface area contributed by atoms with E-state index in [0.717, 1.165) is 30.9 Å². The lowest BCUT2D eigenvalue weighted by atomic mass is 9.84. The van der Waals surface area contributed by atoms with Crippen LogP contribution in [0, 0.1) is 5.41 Å². The average Bonchev–Trinajstić information content (AvgIpc) is 3.37. The van der Waals surface area contributed by atoms with Crippen molar-refractivity contribution in [3.63, 3.8) is 0 Å². The van der Waals surface area contributed by atoms with Gasteiger partial charge in [-0.1, -0.05) is 36.4 Å². The molecule has 1 aromatic heterocycles. The van der Waals surface area contributed by atoms with Gasteiger partial charge in [-0.2, -0.15) is 0 Å². The zero-order chi connectivity index (χ0) is 18.0. The summed E-state index contributed by atoms with van der Waals surface area (Å²) in [6.07, 6.45) is 1.41. The number of carbonyl (C=O) groups excluding carboxylic acids is 2. The van der Waals surface area contributed by atoms with E-state index >= 15 is 0 Å². The molecule has 3 heterocycles. The number of hydrogen-bond donors (Lipinski definition) is 2. The van der Waals surface area contributed by atoms with Gasteiger partial charge >= 0.3 is 0 Å². The summed E-state index contributed by atoms with van der Waals surface area (Å²) in [6, 6.07) is 13.9. The molecule has 0 bridgehead atoms. The Kier molecular flexibility index (Phi) is 4.78. The van der Waals surface area contributed by atoms with E-state index in [2.05, 4.69) is 27.7 Å². The molecule has 2 fully saturated rings. The SMILES string of the molecule is O=C(NCc1cccs1)[C@@H]1C[C@@]2(CCN(Cc3ccccc3)C2)C(=O)N1. The summed E-state index contributed by atoms with van der Waals surface area (Å²) in [7, 11) is 0. The summed E-state index contributed by atoms with van der Waals surface area (Å²) >= 11 is 1.62. The van der Waals surface area contributed by atoms with Crippen molar-refractivity contribution in [1.82, 2.24) is 15.5 Å². The van der Waals surface area contributed by atoms with Crippen LogP contribution in [0.2, 0.25) is 0 Å². The number of likely N-dealkylation sites (tertiary alicyclic amines) is 1. The second kappa shape index (κ2) is 7.21. The van der Waals surface area contributed by atoms with Gasteiger partial charge in [0.1, 0.15) is 6.04 Å². The Morgan fingerprint density at radius 1 is 1.27 bits per heavy atom. The number of amides is 2. The summed E-state index contributed by atoms with van der Waals surface area (Å²) in [4.78, 5) is 28.5. The molecule has 2 atom stereocenters. The van der Waals surface area contributed by atoms with Gasteiger partial charge in [0, 0.05) is 18.0 Å². The fourth-order valence-electron chi connectivity index (χ4n) is 4.00. The van der Waals surface area contributed by atoms with Crippen LogP contribution in [-0.4, -0.2) is 35.8 Å². The van der Waals surface area contributed by atoms with Crippen molar-refractivity contribution in [1.29, 1.82) is 0 Å². The molecule has 2 N–H and O–H groups in total. The predicted molar refractivity (Wildman–Crippen MR) is 101 cm³/mol. The topological polar surface area (TPSA) is 61.4 Å². The highest BCUT2D eigenvalue weighted by Gasteiger charge is 2.52. The largest absolute Gasteiger partial charge is 0.349 e. The third-order valence-corrected chi connectivity index (χ3v) is 6.27. The van der Waals surface area contributed by atoms with Crippen LogP contribution in [-0.2, 0) is 22.7 Å². The Morgan fingerprint density at radius 3 is 2.88 bits per heavy atom. The Labute approximate surface area is 157 Å². The number of thiophene rings is 1. The molecule has 2 aliphatic heterocycles. The molecule has 0 saturated carbocycles. The van der Waals surface area contributed by atoms with E-state index < -0.39 is 11.5 Å². The van der Waals surface area contributed by atoms with Crippen molar-refractivity contribution in [2.75, 3.05) is 13.1 Å². The molecule has 2 aliphatic rings. The molecule has 6 heteroatoms. The van der Waals surface area contributed by atoms with Crippen molar-refractivity contribution in [3.8, 4) is 0 Å². The summed E-state index contributed by atoms with van der Waals surface area (Å²) in [6.45, 7) is 3.00. The quantitative estimate of drug-likeness (QED) is 0.849. The highest BCUT2D eigenvalue weighted by atomic mass is 32.1. The van der Waals surface area contributed by atoms with Gasteiger partial charge in [-0.3, -0.25) is 14.5 Å². The summed E-state index contributed by atoms with van der Waals surface area (Å²) in [5, 5.41) is 7.87. The van der Waals surface area contributed by atoms with Crippen LogP contribution in [0.25, 0.3) is 0 Å². The van der Waals surface area contributed by atoms with Gasteiger partial charge in [0.15, 0.2) is 0 Å². The van der Waals surface area contributed by atoms with Crippen LogP contribution >= 0.6 is 11.3 Å². The maximum Gasteiger partial charge on any atom is 0.242 e. The fourth-order valence-corrected chi connectivity index (χ4v) is 4.65. The van der Waals surface area contributed by atoms with Crippen LogP contribution < -0.4 is 10.6 Å². The van der Waals surface area contributed by atoms with Gasteiger partial charge in [-0.05, 0) is 36.4 Å². The van der Waals surface area contributed by atoms with Crippen molar-refractivity contribution in [2.24, 2.45) is 5.41 Å². The standard InChI is InChI=1S/C20H23N3O2S/c24-18(21-12-16-7-4-10-26-16)17-11-20(19(25)22-17)8-9-23(14-20)13-15-5-2-1-3-6-15/h1-7,10,17H,8-9,11-14H2,(H,21,24)(H,22,25)/t17-,20+/m0/s1. The molecule has 136 valence electrons. The maximum atomic E-state index is 12.6. The predicted octanol–water partition coefficient (Wildman–Crippen LogP) is 2.15. The van der Waals surface area contributed by atoms with Gasteiger partial charge in [0.2, 0.25) is 11.8 Å². The van der Waals surface area contributed by atoms with Crippen molar-refractivity contribution in [3.05, 3.63) is 58.3 Å². The molecule has 0 radical (unpaired) electrons.